The van der Waals surface area contributed by atoms with E-state index in [1.54, 1.807) is 0 Å². The number of anilines is 1. The number of hydrogen-bond donors (Lipinski definition) is 1. The molecule has 0 radical (unpaired) electrons. The van der Waals surface area contributed by atoms with E-state index >= 15 is 0 Å². The molecule has 0 aliphatic rings. The normalized spacial score (nSPS) is 10.8. The number of furan rings is 1. The zero-order valence-corrected chi connectivity index (χ0v) is 14.1. The summed E-state index contributed by atoms with van der Waals surface area (Å²) in [7, 11) is 0. The van der Waals surface area contributed by atoms with E-state index in [0.29, 0.717) is 6.07 Å². The van der Waals surface area contributed by atoms with Gasteiger partial charge in [0, 0.05) is 6.07 Å². The number of alkyl halides is 2. The quantitative estimate of drug-likeness (QED) is 0.573. The molecule has 0 fully saturated rings. The molecular formula is C19H13F4NO4. The number of para-hydroxylation sites is 2. The van der Waals surface area contributed by atoms with Crippen LogP contribution in [0.5, 0.6) is 11.5 Å². The Morgan fingerprint density at radius 1 is 1.04 bits per heavy atom. The molecule has 0 unspecified atom stereocenters. The van der Waals surface area contributed by atoms with Crippen molar-refractivity contribution in [1.82, 2.24) is 0 Å². The fourth-order valence-electron chi connectivity index (χ4n) is 2.27. The summed E-state index contributed by atoms with van der Waals surface area (Å²) in [4.78, 5) is 12.2. The van der Waals surface area contributed by atoms with Crippen LogP contribution < -0.4 is 14.8 Å². The van der Waals surface area contributed by atoms with Crippen LogP contribution in [0, 0.1) is 11.6 Å². The molecule has 1 heterocycles. The van der Waals surface area contributed by atoms with Crippen molar-refractivity contribution in [3.8, 4) is 11.5 Å². The van der Waals surface area contributed by atoms with Crippen molar-refractivity contribution in [2.75, 3.05) is 5.32 Å². The Bertz CT molecular complexity index is 974. The van der Waals surface area contributed by atoms with Gasteiger partial charge in [0.15, 0.2) is 17.3 Å². The van der Waals surface area contributed by atoms with Crippen LogP contribution in [0.1, 0.15) is 16.3 Å². The molecule has 0 saturated heterocycles. The second-order valence-corrected chi connectivity index (χ2v) is 5.46. The maximum Gasteiger partial charge on any atom is 0.387 e. The van der Waals surface area contributed by atoms with Crippen LogP contribution in [0.4, 0.5) is 23.2 Å². The van der Waals surface area contributed by atoms with E-state index in [9.17, 15) is 22.4 Å². The highest BCUT2D eigenvalue weighted by Crippen LogP contribution is 2.26. The minimum atomic E-state index is -3.04. The summed E-state index contributed by atoms with van der Waals surface area (Å²) in [5, 5.41) is 2.40. The Morgan fingerprint density at radius 3 is 2.57 bits per heavy atom. The number of hydrogen-bond acceptors (Lipinski definition) is 4. The number of carbonyl (C=O) groups excluding carboxylic acids is 1. The largest absolute Gasteiger partial charge is 0.483 e. The van der Waals surface area contributed by atoms with Crippen molar-refractivity contribution >= 4 is 11.6 Å². The molecule has 146 valence electrons. The average Bonchev–Trinajstić information content (AvgIpc) is 3.11. The molecule has 2 aromatic carbocycles. The van der Waals surface area contributed by atoms with Crippen LogP contribution in [0.25, 0.3) is 0 Å². The molecular weight excluding hydrogens is 382 g/mol. The molecule has 0 aliphatic carbocycles. The fraction of sp³-hybridized carbons (Fsp3) is 0.105. The second kappa shape index (κ2) is 8.47. The van der Waals surface area contributed by atoms with Crippen LogP contribution in [0.2, 0.25) is 0 Å². The van der Waals surface area contributed by atoms with Crippen LogP contribution in [-0.2, 0) is 6.61 Å². The van der Waals surface area contributed by atoms with Gasteiger partial charge in [0.05, 0.1) is 5.69 Å². The Kier molecular flexibility index (Phi) is 5.83. The van der Waals surface area contributed by atoms with E-state index in [4.69, 9.17) is 9.15 Å². The van der Waals surface area contributed by atoms with Crippen molar-refractivity contribution in [3.05, 3.63) is 77.8 Å². The van der Waals surface area contributed by atoms with Gasteiger partial charge < -0.3 is 19.2 Å². The van der Waals surface area contributed by atoms with Gasteiger partial charge in [-0.2, -0.15) is 8.78 Å². The van der Waals surface area contributed by atoms with Gasteiger partial charge in [-0.3, -0.25) is 4.79 Å². The Hall–Kier alpha value is -3.49. The Labute approximate surface area is 156 Å². The number of benzene rings is 2. The Balaban J connectivity index is 1.64. The molecule has 28 heavy (non-hydrogen) atoms. The summed E-state index contributed by atoms with van der Waals surface area (Å²) in [6.45, 7) is -3.25. The fourth-order valence-corrected chi connectivity index (χ4v) is 2.27. The minimum Gasteiger partial charge on any atom is -0.483 e. The zero-order valence-electron chi connectivity index (χ0n) is 14.1. The number of rotatable bonds is 7. The lowest BCUT2D eigenvalue weighted by Gasteiger charge is -2.10. The van der Waals surface area contributed by atoms with Gasteiger partial charge in [0.25, 0.3) is 5.91 Å². The van der Waals surface area contributed by atoms with Gasteiger partial charge in [0.2, 0.25) is 0 Å². The van der Waals surface area contributed by atoms with Crippen LogP contribution in [0.3, 0.4) is 0 Å². The van der Waals surface area contributed by atoms with E-state index in [1.165, 1.54) is 36.4 Å². The standard InChI is InChI=1S/C19H13F4NO4/c20-11-5-7-15(13(21)9-11)26-10-12-6-8-17(27-12)18(25)24-14-3-1-2-4-16(14)28-19(22)23/h1-9,19H,10H2,(H,24,25). The summed E-state index contributed by atoms with van der Waals surface area (Å²) in [5.74, 6) is -2.62. The van der Waals surface area contributed by atoms with Crippen LogP contribution in [0.15, 0.2) is 59.0 Å². The number of nitrogens with one attached hydrogen (secondary N) is 1. The summed E-state index contributed by atoms with van der Waals surface area (Å²) in [5.41, 5.74) is 0.0374. The second-order valence-electron chi connectivity index (χ2n) is 5.46. The monoisotopic (exact) mass is 395 g/mol. The first kappa shape index (κ1) is 19.3. The van der Waals surface area contributed by atoms with E-state index in [2.05, 4.69) is 10.1 Å². The number of ether oxygens (including phenoxy) is 2. The van der Waals surface area contributed by atoms with Crippen molar-refractivity contribution in [2.45, 2.75) is 13.2 Å². The van der Waals surface area contributed by atoms with Crippen molar-refractivity contribution < 1.29 is 36.2 Å². The summed E-state index contributed by atoms with van der Waals surface area (Å²) >= 11 is 0. The first-order valence-electron chi connectivity index (χ1n) is 7.94. The average molecular weight is 395 g/mol. The topological polar surface area (TPSA) is 60.7 Å². The smallest absolute Gasteiger partial charge is 0.387 e. The number of halogens is 4. The third-order valence-electron chi connectivity index (χ3n) is 3.50. The highest BCUT2D eigenvalue weighted by molar-refractivity contribution is 6.03. The predicted octanol–water partition coefficient (Wildman–Crippen LogP) is 4.99. The maximum atomic E-state index is 13.5. The Morgan fingerprint density at radius 2 is 1.82 bits per heavy atom. The highest BCUT2D eigenvalue weighted by Gasteiger charge is 2.16. The third kappa shape index (κ3) is 4.81. The van der Waals surface area contributed by atoms with Crippen molar-refractivity contribution in [2.24, 2.45) is 0 Å². The molecule has 3 aromatic rings. The lowest BCUT2D eigenvalue weighted by molar-refractivity contribution is -0.0493. The molecule has 0 saturated carbocycles. The molecule has 9 heteroatoms. The van der Waals surface area contributed by atoms with Crippen molar-refractivity contribution in [1.29, 1.82) is 0 Å². The molecule has 1 amide bonds. The lowest BCUT2D eigenvalue weighted by atomic mass is 10.3. The van der Waals surface area contributed by atoms with Crippen LogP contribution >= 0.6 is 0 Å². The van der Waals surface area contributed by atoms with Crippen LogP contribution in [-0.4, -0.2) is 12.5 Å². The maximum absolute atomic E-state index is 13.5. The molecule has 3 rings (SSSR count). The number of amides is 1. The summed E-state index contributed by atoms with van der Waals surface area (Å²) < 4.78 is 66.1. The molecule has 0 atom stereocenters. The summed E-state index contributed by atoms with van der Waals surface area (Å²) in [6.07, 6.45) is 0. The molecule has 1 N–H and O–H groups in total. The number of carbonyl (C=O) groups is 1. The van der Waals surface area contributed by atoms with E-state index in [1.807, 2.05) is 0 Å². The van der Waals surface area contributed by atoms with Gasteiger partial charge in [-0.15, -0.1) is 0 Å². The molecule has 1 aromatic heterocycles. The third-order valence-corrected chi connectivity index (χ3v) is 3.50. The zero-order chi connectivity index (χ0) is 20.1. The SMILES string of the molecule is O=C(Nc1ccccc1OC(F)F)c1ccc(COc2ccc(F)cc2F)o1. The van der Waals surface area contributed by atoms with E-state index in [-0.39, 0.29) is 35.3 Å². The lowest BCUT2D eigenvalue weighted by Crippen LogP contribution is -2.13. The van der Waals surface area contributed by atoms with E-state index in [0.717, 1.165) is 12.1 Å². The van der Waals surface area contributed by atoms with Gasteiger partial charge >= 0.3 is 6.61 Å². The van der Waals surface area contributed by atoms with E-state index < -0.39 is 24.2 Å². The summed E-state index contributed by atoms with van der Waals surface area (Å²) in [6, 6.07) is 11.3. The molecule has 5 nitrogen and oxygen atoms in total. The van der Waals surface area contributed by atoms with Gasteiger partial charge in [-0.05, 0) is 36.4 Å². The predicted molar refractivity (Wildman–Crippen MR) is 90.4 cm³/mol. The molecule has 0 aliphatic heterocycles. The highest BCUT2D eigenvalue weighted by atomic mass is 19.3. The minimum absolute atomic E-state index is 0.0374. The van der Waals surface area contributed by atoms with Gasteiger partial charge in [0.1, 0.15) is 23.9 Å². The first-order valence-corrected chi connectivity index (χ1v) is 7.94. The van der Waals surface area contributed by atoms with Gasteiger partial charge in [-0.1, -0.05) is 12.1 Å². The molecule has 0 bridgehead atoms. The first-order chi connectivity index (χ1) is 13.4. The van der Waals surface area contributed by atoms with Crippen molar-refractivity contribution in [3.63, 3.8) is 0 Å². The van der Waals surface area contributed by atoms with Gasteiger partial charge in [-0.25, -0.2) is 8.78 Å². The molecule has 0 spiro atoms.